The zero-order chi connectivity index (χ0) is 17.6. The molecule has 0 aliphatic carbocycles. The maximum absolute atomic E-state index is 12.7. The third-order valence-corrected chi connectivity index (χ3v) is 6.44. The second kappa shape index (κ2) is 8.69. The van der Waals surface area contributed by atoms with Crippen LogP contribution in [0.5, 0.6) is 11.5 Å². The smallest absolute Gasteiger partial charge is 0.281 e. The van der Waals surface area contributed by atoms with Crippen LogP contribution in [0, 0.1) is 0 Å². The van der Waals surface area contributed by atoms with Gasteiger partial charge in [0.25, 0.3) is 10.2 Å². The normalized spacial score (nSPS) is 16.8. The predicted molar refractivity (Wildman–Crippen MR) is 94.8 cm³/mol. The van der Waals surface area contributed by atoms with Crippen molar-refractivity contribution in [2.24, 2.45) is 0 Å². The van der Waals surface area contributed by atoms with Crippen LogP contribution in [0.3, 0.4) is 0 Å². The molecule has 7 heteroatoms. The van der Waals surface area contributed by atoms with E-state index in [4.69, 9.17) is 9.47 Å². The molecule has 1 aromatic carbocycles. The summed E-state index contributed by atoms with van der Waals surface area (Å²) < 4.78 is 39.0. The number of rotatable bonds is 7. The fourth-order valence-corrected chi connectivity index (χ4v) is 4.34. The van der Waals surface area contributed by atoms with Gasteiger partial charge in [0.2, 0.25) is 0 Å². The summed E-state index contributed by atoms with van der Waals surface area (Å²) in [6, 6.07) is 5.68. The van der Waals surface area contributed by atoms with Crippen molar-refractivity contribution in [3.8, 4) is 11.5 Å². The molecule has 1 fully saturated rings. The Kier molecular flexibility index (Phi) is 6.89. The van der Waals surface area contributed by atoms with E-state index in [1.54, 1.807) is 25.6 Å². The number of likely N-dealkylation sites (N-methyl/N-ethyl adjacent to an activating group) is 1. The number of nitrogens with zero attached hydrogens (tertiary/aromatic N) is 2. The molecule has 0 aromatic heterocycles. The van der Waals surface area contributed by atoms with Crippen molar-refractivity contribution >= 4 is 10.2 Å². The van der Waals surface area contributed by atoms with Crippen LogP contribution in [0.25, 0.3) is 0 Å². The van der Waals surface area contributed by atoms with E-state index in [0.717, 1.165) is 31.2 Å². The van der Waals surface area contributed by atoms with Gasteiger partial charge in [-0.05, 0) is 37.0 Å². The lowest BCUT2D eigenvalue weighted by molar-refractivity contribution is 0.353. The Hall–Kier alpha value is -1.31. The van der Waals surface area contributed by atoms with Gasteiger partial charge in [-0.1, -0.05) is 18.9 Å². The van der Waals surface area contributed by atoms with Gasteiger partial charge in [0.1, 0.15) is 0 Å². The SMILES string of the molecule is COc1ccc(CCN(C)S(=O)(=O)N2CCCCCC2)cc1OC. The Morgan fingerprint density at radius 2 is 1.67 bits per heavy atom. The van der Waals surface area contributed by atoms with Gasteiger partial charge in [0, 0.05) is 26.7 Å². The van der Waals surface area contributed by atoms with Crippen molar-refractivity contribution in [1.29, 1.82) is 0 Å². The summed E-state index contributed by atoms with van der Waals surface area (Å²) in [6.07, 6.45) is 4.75. The van der Waals surface area contributed by atoms with Crippen molar-refractivity contribution in [2.75, 3.05) is 40.9 Å². The first-order valence-electron chi connectivity index (χ1n) is 8.41. The van der Waals surface area contributed by atoms with Gasteiger partial charge in [-0.2, -0.15) is 17.0 Å². The molecule has 0 atom stereocenters. The number of benzene rings is 1. The minimum atomic E-state index is -3.37. The molecular formula is C17H28N2O4S. The van der Waals surface area contributed by atoms with E-state index in [1.165, 1.54) is 4.31 Å². The third-order valence-electron chi connectivity index (χ3n) is 4.45. The number of methoxy groups -OCH3 is 2. The average molecular weight is 356 g/mol. The van der Waals surface area contributed by atoms with Gasteiger partial charge in [-0.25, -0.2) is 0 Å². The first kappa shape index (κ1) is 19.0. The lowest BCUT2D eigenvalue weighted by Gasteiger charge is -2.26. The molecule has 0 unspecified atom stereocenters. The van der Waals surface area contributed by atoms with Crippen LogP contribution in [-0.2, 0) is 16.6 Å². The highest BCUT2D eigenvalue weighted by molar-refractivity contribution is 7.86. The molecule has 1 heterocycles. The van der Waals surface area contributed by atoms with Crippen molar-refractivity contribution in [2.45, 2.75) is 32.1 Å². The first-order chi connectivity index (χ1) is 11.5. The summed E-state index contributed by atoms with van der Waals surface area (Å²) in [5.74, 6) is 1.33. The summed E-state index contributed by atoms with van der Waals surface area (Å²) in [4.78, 5) is 0. The monoisotopic (exact) mass is 356 g/mol. The maximum Gasteiger partial charge on any atom is 0.281 e. The molecule has 1 saturated heterocycles. The van der Waals surface area contributed by atoms with Crippen LogP contribution in [-0.4, -0.2) is 57.9 Å². The highest BCUT2D eigenvalue weighted by atomic mass is 32.2. The van der Waals surface area contributed by atoms with Crippen molar-refractivity contribution < 1.29 is 17.9 Å². The number of hydrogen-bond acceptors (Lipinski definition) is 4. The van der Waals surface area contributed by atoms with Crippen LogP contribution in [0.2, 0.25) is 0 Å². The van der Waals surface area contributed by atoms with E-state index in [0.29, 0.717) is 37.6 Å². The van der Waals surface area contributed by atoms with E-state index < -0.39 is 10.2 Å². The van der Waals surface area contributed by atoms with Crippen LogP contribution in [0.4, 0.5) is 0 Å². The van der Waals surface area contributed by atoms with E-state index in [-0.39, 0.29) is 0 Å². The third kappa shape index (κ3) is 4.62. The Bertz CT molecular complexity index is 625. The van der Waals surface area contributed by atoms with E-state index in [2.05, 4.69) is 0 Å². The number of ether oxygens (including phenoxy) is 2. The largest absolute Gasteiger partial charge is 0.493 e. The van der Waals surface area contributed by atoms with Crippen LogP contribution < -0.4 is 9.47 Å². The summed E-state index contributed by atoms with van der Waals surface area (Å²) in [5, 5.41) is 0. The fourth-order valence-electron chi connectivity index (χ4n) is 2.91. The van der Waals surface area contributed by atoms with Gasteiger partial charge in [-0.3, -0.25) is 0 Å². The Balaban J connectivity index is 2.00. The maximum atomic E-state index is 12.7. The van der Waals surface area contributed by atoms with Gasteiger partial charge < -0.3 is 9.47 Å². The molecule has 0 radical (unpaired) electrons. The lowest BCUT2D eigenvalue weighted by Crippen LogP contribution is -2.43. The summed E-state index contributed by atoms with van der Waals surface area (Å²) in [6.45, 7) is 1.69. The Labute approximate surface area is 145 Å². The highest BCUT2D eigenvalue weighted by Gasteiger charge is 2.27. The number of hydrogen-bond donors (Lipinski definition) is 0. The lowest BCUT2D eigenvalue weighted by atomic mass is 10.1. The molecule has 2 rings (SSSR count). The average Bonchev–Trinajstić information content (AvgIpc) is 2.89. The van der Waals surface area contributed by atoms with Gasteiger partial charge in [0.15, 0.2) is 11.5 Å². The molecule has 136 valence electrons. The second-order valence-corrected chi connectivity index (χ2v) is 8.12. The van der Waals surface area contributed by atoms with Crippen molar-refractivity contribution in [1.82, 2.24) is 8.61 Å². The minimum Gasteiger partial charge on any atom is -0.493 e. The first-order valence-corrected chi connectivity index (χ1v) is 9.81. The van der Waals surface area contributed by atoms with Crippen LogP contribution in [0.1, 0.15) is 31.2 Å². The molecule has 1 aromatic rings. The standard InChI is InChI=1S/C17H28N2O4S/c1-18(24(20,21)19-11-6-4-5-7-12-19)13-10-15-8-9-16(22-2)17(14-15)23-3/h8-9,14H,4-7,10-13H2,1-3H3. The van der Waals surface area contributed by atoms with Crippen LogP contribution in [0.15, 0.2) is 18.2 Å². The van der Waals surface area contributed by atoms with Crippen molar-refractivity contribution in [3.63, 3.8) is 0 Å². The molecule has 6 nitrogen and oxygen atoms in total. The molecule has 0 saturated carbocycles. The highest BCUT2D eigenvalue weighted by Crippen LogP contribution is 2.27. The summed E-state index contributed by atoms with van der Waals surface area (Å²) in [5.41, 5.74) is 1.02. The van der Waals surface area contributed by atoms with E-state index >= 15 is 0 Å². The van der Waals surface area contributed by atoms with Gasteiger partial charge in [0.05, 0.1) is 14.2 Å². The quantitative estimate of drug-likeness (QED) is 0.752. The Morgan fingerprint density at radius 1 is 1.04 bits per heavy atom. The van der Waals surface area contributed by atoms with Gasteiger partial charge in [-0.15, -0.1) is 0 Å². The molecule has 24 heavy (non-hydrogen) atoms. The molecule has 1 aliphatic rings. The minimum absolute atomic E-state index is 0.439. The zero-order valence-corrected chi connectivity index (χ0v) is 15.6. The van der Waals surface area contributed by atoms with E-state index in [9.17, 15) is 8.42 Å². The molecule has 0 amide bonds. The van der Waals surface area contributed by atoms with Gasteiger partial charge >= 0.3 is 0 Å². The molecule has 1 aliphatic heterocycles. The second-order valence-electron chi connectivity index (χ2n) is 6.08. The van der Waals surface area contributed by atoms with Crippen LogP contribution >= 0.6 is 0 Å². The zero-order valence-electron chi connectivity index (χ0n) is 14.8. The predicted octanol–water partition coefficient (Wildman–Crippen LogP) is 2.30. The summed E-state index contributed by atoms with van der Waals surface area (Å²) >= 11 is 0. The molecular weight excluding hydrogens is 328 g/mol. The molecule has 0 N–H and O–H groups in total. The Morgan fingerprint density at radius 3 is 2.25 bits per heavy atom. The topological polar surface area (TPSA) is 59.1 Å². The van der Waals surface area contributed by atoms with E-state index in [1.807, 2.05) is 18.2 Å². The summed E-state index contributed by atoms with van der Waals surface area (Å²) in [7, 11) is 1.47. The van der Waals surface area contributed by atoms with Crippen molar-refractivity contribution in [3.05, 3.63) is 23.8 Å². The molecule has 0 bridgehead atoms. The molecule has 0 spiro atoms. The fraction of sp³-hybridized carbons (Fsp3) is 0.647.